The average Bonchev–Trinajstić information content (AvgIpc) is 3.70. The van der Waals surface area contributed by atoms with Gasteiger partial charge in [-0.2, -0.15) is 5.10 Å². The molecular weight excluding hydrogens is 578 g/mol. The number of nitrogens with zero attached hydrogens (tertiary/aromatic N) is 5. The van der Waals surface area contributed by atoms with Gasteiger partial charge in [-0.1, -0.05) is 30.4 Å². The topological polar surface area (TPSA) is 90.3 Å². The summed E-state index contributed by atoms with van der Waals surface area (Å²) in [6.07, 6.45) is 7.03. The maximum atomic E-state index is 15.7. The smallest absolute Gasteiger partial charge is 0.278 e. The van der Waals surface area contributed by atoms with E-state index in [4.69, 9.17) is 19.2 Å². The Kier molecular flexibility index (Phi) is 7.53. The molecule has 3 aliphatic rings. The van der Waals surface area contributed by atoms with Crippen molar-refractivity contribution in [3.8, 4) is 22.9 Å². The van der Waals surface area contributed by atoms with Crippen LogP contribution < -0.4 is 9.47 Å². The highest BCUT2D eigenvalue weighted by Crippen LogP contribution is 2.48. The lowest BCUT2D eigenvalue weighted by Crippen LogP contribution is -2.37. The van der Waals surface area contributed by atoms with Gasteiger partial charge < -0.3 is 18.8 Å². The quantitative estimate of drug-likeness (QED) is 0.222. The zero-order valence-electron chi connectivity index (χ0n) is 25.9. The summed E-state index contributed by atoms with van der Waals surface area (Å²) >= 11 is 0. The fourth-order valence-corrected chi connectivity index (χ4v) is 6.38. The Bertz CT molecular complexity index is 1870. The maximum absolute atomic E-state index is 15.7. The summed E-state index contributed by atoms with van der Waals surface area (Å²) in [5.41, 5.74) is 4.06. The summed E-state index contributed by atoms with van der Waals surface area (Å²) < 4.78 is 50.5. The monoisotopic (exact) mass is 614 g/mol. The largest absolute Gasteiger partial charge is 0.444 e. The molecule has 2 atom stereocenters. The van der Waals surface area contributed by atoms with E-state index in [1.807, 2.05) is 35.8 Å². The van der Waals surface area contributed by atoms with Crippen LogP contribution in [0.1, 0.15) is 50.8 Å². The van der Waals surface area contributed by atoms with E-state index in [2.05, 4.69) is 26.2 Å². The number of allylic oxidation sites excluding steroid dienone is 2. The van der Waals surface area contributed by atoms with Crippen molar-refractivity contribution in [3.63, 3.8) is 0 Å². The van der Waals surface area contributed by atoms with Gasteiger partial charge in [-0.15, -0.1) is 0 Å². The summed E-state index contributed by atoms with van der Waals surface area (Å²) in [7, 11) is 0. The molecule has 4 aromatic rings. The van der Waals surface area contributed by atoms with Gasteiger partial charge in [0.2, 0.25) is 0 Å². The van der Waals surface area contributed by atoms with Gasteiger partial charge in [-0.05, 0) is 57.4 Å². The molecule has 234 valence electrons. The first kappa shape index (κ1) is 29.4. The minimum absolute atomic E-state index is 0.0428. The Hall–Kier alpha value is -4.35. The molecule has 9 nitrogen and oxygen atoms in total. The number of fused-ring (bicyclic) bond motifs is 2. The highest BCUT2D eigenvalue weighted by atomic mass is 19.1. The number of halogens is 2. The maximum Gasteiger partial charge on any atom is 0.278 e. The Morgan fingerprint density at radius 1 is 1.18 bits per heavy atom. The third-order valence-corrected chi connectivity index (χ3v) is 8.78. The molecule has 7 rings (SSSR count). The van der Waals surface area contributed by atoms with Crippen LogP contribution in [0.15, 0.2) is 60.0 Å². The van der Waals surface area contributed by atoms with Crippen molar-refractivity contribution in [2.45, 2.75) is 65.5 Å². The van der Waals surface area contributed by atoms with E-state index in [0.717, 1.165) is 43.0 Å². The molecule has 2 aromatic heterocycles. The van der Waals surface area contributed by atoms with E-state index in [-0.39, 0.29) is 17.7 Å². The van der Waals surface area contributed by atoms with Gasteiger partial charge in [0.15, 0.2) is 17.3 Å². The van der Waals surface area contributed by atoms with Gasteiger partial charge in [0.1, 0.15) is 28.8 Å². The number of hydrogen-bond donors (Lipinski definition) is 1. The van der Waals surface area contributed by atoms with Crippen LogP contribution in [-0.2, 0) is 17.8 Å². The van der Waals surface area contributed by atoms with Crippen LogP contribution in [0.5, 0.6) is 11.5 Å². The Morgan fingerprint density at radius 3 is 2.69 bits per heavy atom. The fourth-order valence-electron chi connectivity index (χ4n) is 6.38. The van der Waals surface area contributed by atoms with Crippen molar-refractivity contribution >= 4 is 16.6 Å². The molecule has 0 amide bonds. The van der Waals surface area contributed by atoms with E-state index >= 15 is 4.39 Å². The van der Waals surface area contributed by atoms with E-state index in [1.54, 1.807) is 26.8 Å². The van der Waals surface area contributed by atoms with Crippen LogP contribution in [0.4, 0.5) is 8.78 Å². The second-order valence-corrected chi connectivity index (χ2v) is 11.8. The molecule has 0 aliphatic carbocycles. The number of aromatic nitrogens is 5. The molecule has 1 unspecified atom stereocenters. The van der Waals surface area contributed by atoms with Crippen molar-refractivity contribution in [2.24, 2.45) is 0 Å². The van der Waals surface area contributed by atoms with Crippen molar-refractivity contribution < 1.29 is 23.0 Å². The molecule has 1 fully saturated rings. The van der Waals surface area contributed by atoms with Crippen LogP contribution in [0.3, 0.4) is 0 Å². The first-order valence-electron chi connectivity index (χ1n) is 15.4. The van der Waals surface area contributed by atoms with E-state index in [9.17, 15) is 4.39 Å². The highest BCUT2D eigenvalue weighted by Gasteiger charge is 2.43. The van der Waals surface area contributed by atoms with Gasteiger partial charge in [-0.3, -0.25) is 10.00 Å². The van der Waals surface area contributed by atoms with Gasteiger partial charge in [-0.25, -0.2) is 18.7 Å². The van der Waals surface area contributed by atoms with Crippen molar-refractivity contribution in [1.29, 1.82) is 0 Å². The molecule has 1 saturated heterocycles. The number of aromatic amines is 1. The van der Waals surface area contributed by atoms with Gasteiger partial charge in [0.25, 0.3) is 5.79 Å². The van der Waals surface area contributed by atoms with Crippen molar-refractivity contribution in [1.82, 2.24) is 29.6 Å². The van der Waals surface area contributed by atoms with E-state index in [0.29, 0.717) is 65.0 Å². The lowest BCUT2D eigenvalue weighted by Gasteiger charge is -2.29. The van der Waals surface area contributed by atoms with E-state index < -0.39 is 5.79 Å². The summed E-state index contributed by atoms with van der Waals surface area (Å²) in [6, 6.07) is 9.14. The average molecular weight is 615 g/mol. The number of hydrogen-bond acceptors (Lipinski definition) is 7. The predicted octanol–water partition coefficient (Wildman–Crippen LogP) is 6.65. The molecule has 45 heavy (non-hydrogen) atoms. The molecule has 0 saturated carbocycles. The summed E-state index contributed by atoms with van der Waals surface area (Å²) in [5.74, 6) is 1.12. The highest BCUT2D eigenvalue weighted by molar-refractivity contribution is 5.82. The lowest BCUT2D eigenvalue weighted by atomic mass is 9.98. The number of para-hydroxylation sites is 1. The third-order valence-electron chi connectivity index (χ3n) is 8.78. The number of rotatable bonds is 8. The van der Waals surface area contributed by atoms with Crippen LogP contribution >= 0.6 is 0 Å². The third kappa shape index (κ3) is 5.33. The number of benzene rings is 2. The Morgan fingerprint density at radius 2 is 2.02 bits per heavy atom. The fraction of sp³-hybridized carbons (Fsp3) is 0.382. The predicted molar refractivity (Wildman–Crippen MR) is 167 cm³/mol. The molecule has 3 aliphatic heterocycles. The summed E-state index contributed by atoms with van der Waals surface area (Å²) in [5, 5.41) is 7.02. The number of nitrogens with one attached hydrogen (secondary N) is 1. The molecule has 0 radical (unpaired) electrons. The first-order valence-corrected chi connectivity index (χ1v) is 15.4. The van der Waals surface area contributed by atoms with Crippen LogP contribution in [0.25, 0.3) is 28.0 Å². The number of H-pyrrole nitrogens is 1. The molecule has 1 N–H and O–H groups in total. The first-order chi connectivity index (χ1) is 21.8. The SMILES string of the molecule is C/C=C(\C(F)=C/C)C1(C)Oc2cccc(C3=CCN(Cc4nc5cc(-c6n[nH]c(C)n6)cc(F)c5n4C[C@@H]4CCO4)CC3)c2O1. The number of imidazole rings is 1. The van der Waals surface area contributed by atoms with Crippen LogP contribution in [0, 0.1) is 12.7 Å². The Labute approximate surface area is 260 Å². The standard InChI is InChI=1S/C34H36F2N6O3/c1-5-25(26(35)6-2)34(4)44-29-9-7-8-24(32(29)45-34)21-10-13-41(14-11-21)19-30-38-28-17-22(33-37-20(3)39-40-33)16-27(36)31(28)42(30)18-23-12-15-43-23/h5-10,16-17,23H,11-15,18-19H2,1-4H3,(H,37,39,40)/b25-5+,26-6+/t23-,34?/m0/s1. The molecule has 11 heteroatoms. The van der Waals surface area contributed by atoms with Crippen molar-refractivity contribution in [2.75, 3.05) is 19.7 Å². The molecule has 2 aromatic carbocycles. The minimum atomic E-state index is -1.25. The molecular formula is C34H36F2N6O3. The number of ether oxygens (including phenoxy) is 3. The number of aryl methyl sites for hydroxylation is 1. The zero-order chi connectivity index (χ0) is 31.3. The van der Waals surface area contributed by atoms with Crippen molar-refractivity contribution in [3.05, 3.63) is 83.0 Å². The van der Waals surface area contributed by atoms with Crippen LogP contribution in [0.2, 0.25) is 0 Å². The van der Waals surface area contributed by atoms with Gasteiger partial charge in [0, 0.05) is 37.7 Å². The Balaban J connectivity index is 1.14. The van der Waals surface area contributed by atoms with Gasteiger partial charge in [0.05, 0.1) is 30.3 Å². The summed E-state index contributed by atoms with van der Waals surface area (Å²) in [4.78, 5) is 11.6. The van der Waals surface area contributed by atoms with E-state index in [1.165, 1.54) is 12.1 Å². The minimum Gasteiger partial charge on any atom is -0.444 e. The van der Waals surface area contributed by atoms with Crippen LogP contribution in [-0.4, -0.2) is 61.2 Å². The normalized spacial score (nSPS) is 22.2. The second-order valence-electron chi connectivity index (χ2n) is 11.8. The van der Waals surface area contributed by atoms with Gasteiger partial charge >= 0.3 is 0 Å². The zero-order valence-corrected chi connectivity index (χ0v) is 25.9. The lowest BCUT2D eigenvalue weighted by molar-refractivity contribution is -0.0592. The summed E-state index contributed by atoms with van der Waals surface area (Å²) in [6.45, 7) is 10.2. The molecule has 5 heterocycles. The molecule has 0 bridgehead atoms. The molecule has 0 spiro atoms. The second kappa shape index (κ2) is 11.5.